The zero-order valence-corrected chi connectivity index (χ0v) is 10.8. The average Bonchev–Trinajstić information content (AvgIpc) is 2.41. The number of hydrogen-bond donors (Lipinski definition) is 2. The predicted octanol–water partition coefficient (Wildman–Crippen LogP) is 0.0155. The lowest BCUT2D eigenvalue weighted by atomic mass is 10.2. The van der Waals surface area contributed by atoms with Crippen molar-refractivity contribution in [3.8, 4) is 0 Å². The van der Waals surface area contributed by atoms with Gasteiger partial charge in [-0.25, -0.2) is 9.99 Å². The van der Waals surface area contributed by atoms with Gasteiger partial charge in [0, 0.05) is 45.0 Å². The fourth-order valence-electron chi connectivity index (χ4n) is 1.83. The van der Waals surface area contributed by atoms with Crippen LogP contribution in [0.2, 0.25) is 0 Å². The molecule has 0 unspecified atom stereocenters. The Hall–Kier alpha value is -1.66. The van der Waals surface area contributed by atoms with Crippen LogP contribution < -0.4 is 10.7 Å². The lowest BCUT2D eigenvalue weighted by Gasteiger charge is -2.32. The summed E-state index contributed by atoms with van der Waals surface area (Å²) in [5.74, 6) is 0.611. The third-order valence-electron chi connectivity index (χ3n) is 3.04. The molecule has 0 atom stereocenters. The average molecular weight is 249 g/mol. The molecule has 18 heavy (non-hydrogen) atoms. The largest absolute Gasteiger partial charge is 0.373 e. The molecule has 1 aromatic heterocycles. The molecule has 0 aliphatic carbocycles. The number of rotatable bonds is 3. The maximum atomic E-state index is 12.0. The Labute approximate surface area is 107 Å². The zero-order valence-electron chi connectivity index (χ0n) is 10.8. The van der Waals surface area contributed by atoms with Crippen LogP contribution in [0.4, 0.5) is 5.82 Å². The number of piperazine rings is 1. The summed E-state index contributed by atoms with van der Waals surface area (Å²) in [6.07, 6.45) is 1.63. The number of likely N-dealkylation sites (N-methyl/N-ethyl adjacent to an activating group) is 1. The summed E-state index contributed by atoms with van der Waals surface area (Å²) in [7, 11) is 3.87. The predicted molar refractivity (Wildman–Crippen MR) is 70.3 cm³/mol. The SMILES string of the molecule is CNc1cc(C(=O)NN2CCN(C)CC2)ccn1. The van der Waals surface area contributed by atoms with Gasteiger partial charge in [0.1, 0.15) is 5.82 Å². The van der Waals surface area contributed by atoms with Crippen LogP contribution in [0.25, 0.3) is 0 Å². The summed E-state index contributed by atoms with van der Waals surface area (Å²) >= 11 is 0. The molecular weight excluding hydrogens is 230 g/mol. The van der Waals surface area contributed by atoms with Gasteiger partial charge >= 0.3 is 0 Å². The summed E-state index contributed by atoms with van der Waals surface area (Å²) in [4.78, 5) is 18.4. The van der Waals surface area contributed by atoms with Crippen LogP contribution in [0.15, 0.2) is 18.3 Å². The lowest BCUT2D eigenvalue weighted by molar-refractivity contribution is 0.0662. The minimum atomic E-state index is -0.0848. The van der Waals surface area contributed by atoms with Crippen molar-refractivity contribution in [2.75, 3.05) is 45.6 Å². The highest BCUT2D eigenvalue weighted by Crippen LogP contribution is 2.06. The third kappa shape index (κ3) is 3.18. The molecule has 2 heterocycles. The van der Waals surface area contributed by atoms with Gasteiger partial charge in [-0.3, -0.25) is 10.2 Å². The van der Waals surface area contributed by atoms with E-state index < -0.39 is 0 Å². The van der Waals surface area contributed by atoms with E-state index in [0.717, 1.165) is 26.2 Å². The van der Waals surface area contributed by atoms with Gasteiger partial charge in [0.15, 0.2) is 0 Å². The minimum absolute atomic E-state index is 0.0848. The van der Waals surface area contributed by atoms with E-state index in [-0.39, 0.29) is 5.91 Å². The number of hydrogen-bond acceptors (Lipinski definition) is 5. The van der Waals surface area contributed by atoms with Crippen LogP contribution in [0.3, 0.4) is 0 Å². The summed E-state index contributed by atoms with van der Waals surface area (Å²) in [6.45, 7) is 3.65. The van der Waals surface area contributed by atoms with Crippen LogP contribution >= 0.6 is 0 Å². The van der Waals surface area contributed by atoms with Crippen LogP contribution in [0.1, 0.15) is 10.4 Å². The molecule has 1 aliphatic rings. The van der Waals surface area contributed by atoms with Gasteiger partial charge in [-0.15, -0.1) is 0 Å². The number of nitrogens with zero attached hydrogens (tertiary/aromatic N) is 3. The van der Waals surface area contributed by atoms with Gasteiger partial charge in [0.2, 0.25) is 0 Å². The Bertz CT molecular complexity index is 415. The summed E-state index contributed by atoms with van der Waals surface area (Å²) < 4.78 is 0. The maximum Gasteiger partial charge on any atom is 0.265 e. The van der Waals surface area contributed by atoms with Crippen LogP contribution in [0, 0.1) is 0 Å². The van der Waals surface area contributed by atoms with Gasteiger partial charge in [-0.1, -0.05) is 0 Å². The van der Waals surface area contributed by atoms with Crippen LogP contribution in [0.5, 0.6) is 0 Å². The summed E-state index contributed by atoms with van der Waals surface area (Å²) in [5.41, 5.74) is 3.54. The maximum absolute atomic E-state index is 12.0. The molecule has 6 heteroatoms. The molecule has 98 valence electrons. The van der Waals surface area contributed by atoms with Crippen molar-refractivity contribution in [1.82, 2.24) is 20.3 Å². The van der Waals surface area contributed by atoms with Crippen LogP contribution in [-0.4, -0.2) is 61.1 Å². The Morgan fingerprint density at radius 3 is 2.72 bits per heavy atom. The second kappa shape index (κ2) is 5.79. The molecule has 0 aromatic carbocycles. The zero-order chi connectivity index (χ0) is 13.0. The first kappa shape index (κ1) is 12.8. The highest BCUT2D eigenvalue weighted by Gasteiger charge is 2.16. The molecule has 0 bridgehead atoms. The molecule has 0 saturated carbocycles. The lowest BCUT2D eigenvalue weighted by Crippen LogP contribution is -2.52. The second-order valence-corrected chi connectivity index (χ2v) is 4.41. The number of amides is 1. The minimum Gasteiger partial charge on any atom is -0.373 e. The molecule has 2 rings (SSSR count). The van der Waals surface area contributed by atoms with Gasteiger partial charge in [0.25, 0.3) is 5.91 Å². The van der Waals surface area contributed by atoms with Crippen molar-refractivity contribution < 1.29 is 4.79 Å². The van der Waals surface area contributed by atoms with Gasteiger partial charge in [-0.05, 0) is 19.2 Å². The number of anilines is 1. The van der Waals surface area contributed by atoms with E-state index in [4.69, 9.17) is 0 Å². The molecule has 0 spiro atoms. The van der Waals surface area contributed by atoms with Crippen LogP contribution in [-0.2, 0) is 0 Å². The van der Waals surface area contributed by atoms with Gasteiger partial charge in [0.05, 0.1) is 0 Å². The van der Waals surface area contributed by atoms with Crippen molar-refractivity contribution in [1.29, 1.82) is 0 Å². The molecule has 1 fully saturated rings. The highest BCUT2D eigenvalue weighted by atomic mass is 16.2. The smallest absolute Gasteiger partial charge is 0.265 e. The Balaban J connectivity index is 1.94. The number of carbonyl (C=O) groups is 1. The number of aromatic nitrogens is 1. The van der Waals surface area contributed by atoms with E-state index in [9.17, 15) is 4.79 Å². The van der Waals surface area contributed by atoms with Crippen molar-refractivity contribution in [3.63, 3.8) is 0 Å². The molecule has 1 aromatic rings. The van der Waals surface area contributed by atoms with E-state index in [1.165, 1.54) is 0 Å². The number of hydrazine groups is 1. The fourth-order valence-corrected chi connectivity index (χ4v) is 1.83. The number of pyridine rings is 1. The third-order valence-corrected chi connectivity index (χ3v) is 3.04. The normalized spacial score (nSPS) is 17.4. The van der Waals surface area contributed by atoms with Crippen molar-refractivity contribution in [2.24, 2.45) is 0 Å². The Morgan fingerprint density at radius 2 is 2.06 bits per heavy atom. The summed E-state index contributed by atoms with van der Waals surface area (Å²) in [6, 6.07) is 3.46. The quantitative estimate of drug-likeness (QED) is 0.790. The van der Waals surface area contributed by atoms with Crippen molar-refractivity contribution >= 4 is 11.7 Å². The van der Waals surface area contributed by atoms with Crippen molar-refractivity contribution in [2.45, 2.75) is 0 Å². The Morgan fingerprint density at radius 1 is 1.33 bits per heavy atom. The van der Waals surface area contributed by atoms with E-state index in [1.54, 1.807) is 25.4 Å². The first-order valence-corrected chi connectivity index (χ1v) is 6.07. The number of carbonyl (C=O) groups excluding carboxylic acids is 1. The van der Waals surface area contributed by atoms with E-state index in [1.807, 2.05) is 5.01 Å². The highest BCUT2D eigenvalue weighted by molar-refractivity contribution is 5.94. The van der Waals surface area contributed by atoms with Crippen molar-refractivity contribution in [3.05, 3.63) is 23.9 Å². The van der Waals surface area contributed by atoms with Gasteiger partial charge in [-0.2, -0.15) is 0 Å². The molecule has 0 radical (unpaired) electrons. The molecule has 1 aliphatic heterocycles. The van der Waals surface area contributed by atoms with E-state index in [2.05, 4.69) is 27.7 Å². The molecular formula is C12H19N5O. The van der Waals surface area contributed by atoms with Gasteiger partial charge < -0.3 is 10.2 Å². The molecule has 1 saturated heterocycles. The van der Waals surface area contributed by atoms with E-state index >= 15 is 0 Å². The molecule has 1 amide bonds. The Kier molecular flexibility index (Phi) is 4.11. The van der Waals surface area contributed by atoms with E-state index in [0.29, 0.717) is 11.4 Å². The molecule has 2 N–H and O–H groups in total. The summed E-state index contributed by atoms with van der Waals surface area (Å²) in [5, 5.41) is 4.88. The standard InChI is InChI=1S/C12H19N5O/c1-13-11-9-10(3-4-14-11)12(18)15-17-7-5-16(2)6-8-17/h3-4,9H,5-8H2,1-2H3,(H,13,14)(H,15,18). The second-order valence-electron chi connectivity index (χ2n) is 4.41. The molecule has 6 nitrogen and oxygen atoms in total. The fraction of sp³-hybridized carbons (Fsp3) is 0.500. The number of nitrogens with one attached hydrogen (secondary N) is 2. The topological polar surface area (TPSA) is 60.5 Å². The first-order valence-electron chi connectivity index (χ1n) is 6.07. The monoisotopic (exact) mass is 249 g/mol. The first-order chi connectivity index (χ1) is 8.69.